The number of ether oxygens (including phenoxy) is 2. The Labute approximate surface area is 175 Å². The molecule has 0 unspecified atom stereocenters. The Balaban J connectivity index is 2.15. The van der Waals surface area contributed by atoms with Crippen LogP contribution in [0.25, 0.3) is 0 Å². The van der Waals surface area contributed by atoms with Crippen molar-refractivity contribution >= 4 is 23.3 Å². The topological polar surface area (TPSA) is 82.8 Å². The number of hydrogen-bond acceptors (Lipinski definition) is 6. The number of aliphatic hydroxyl groups is 1. The number of aliphatic hydroxyl groups excluding tert-OH is 1. The van der Waals surface area contributed by atoms with E-state index < -0.39 is 23.7 Å². The molecular formula is C22H23ClN2O4. The van der Waals surface area contributed by atoms with Crippen molar-refractivity contribution in [3.05, 3.63) is 58.6 Å². The number of hydrogen-bond donors (Lipinski definition) is 1. The number of esters is 1. The van der Waals surface area contributed by atoms with Crippen LogP contribution in [0.3, 0.4) is 0 Å². The predicted octanol–water partition coefficient (Wildman–Crippen LogP) is 3.85. The summed E-state index contributed by atoms with van der Waals surface area (Å²) in [6.07, 6.45) is -0.978. The second kappa shape index (κ2) is 8.32. The molecule has 152 valence electrons. The fourth-order valence-electron chi connectivity index (χ4n) is 3.50. The molecule has 0 spiro atoms. The molecule has 0 radical (unpaired) electrons. The zero-order valence-corrected chi connectivity index (χ0v) is 17.3. The van der Waals surface area contributed by atoms with Gasteiger partial charge in [0, 0.05) is 16.3 Å². The minimum absolute atomic E-state index is 0.0799. The smallest absolute Gasteiger partial charge is 0.325 e. The molecule has 3 rings (SSSR count). The van der Waals surface area contributed by atoms with E-state index in [0.29, 0.717) is 27.6 Å². The van der Waals surface area contributed by atoms with Crippen LogP contribution in [0.2, 0.25) is 5.02 Å². The lowest BCUT2D eigenvalue weighted by Crippen LogP contribution is -2.54. The van der Waals surface area contributed by atoms with Crippen LogP contribution in [0.4, 0.5) is 5.69 Å². The van der Waals surface area contributed by atoms with Crippen LogP contribution in [0, 0.1) is 11.3 Å². The van der Waals surface area contributed by atoms with Crippen LogP contribution < -0.4 is 9.64 Å². The van der Waals surface area contributed by atoms with E-state index in [-0.39, 0.29) is 13.2 Å². The standard InChI is InChI=1S/C22H23ClN2O4/c1-4-28-19(26)13-25(16-8-6-15(23)7-9-16)20-17-11-14(12-24)5-10-18(17)29-22(2,3)21(20)27/h5-11,20-21,27H,4,13H2,1-3H3/t20-,21+/m0/s1. The maximum atomic E-state index is 12.4. The Morgan fingerprint density at radius 1 is 1.31 bits per heavy atom. The maximum Gasteiger partial charge on any atom is 0.325 e. The highest BCUT2D eigenvalue weighted by Gasteiger charge is 2.46. The minimum Gasteiger partial charge on any atom is -0.485 e. The molecule has 2 atom stereocenters. The lowest BCUT2D eigenvalue weighted by molar-refractivity contribution is -0.141. The second-order valence-electron chi connectivity index (χ2n) is 7.37. The number of benzene rings is 2. The van der Waals surface area contributed by atoms with Crippen LogP contribution in [0.5, 0.6) is 5.75 Å². The molecule has 0 saturated heterocycles. The molecule has 0 saturated carbocycles. The summed E-state index contributed by atoms with van der Waals surface area (Å²) >= 11 is 6.04. The first-order chi connectivity index (χ1) is 13.8. The molecule has 29 heavy (non-hydrogen) atoms. The summed E-state index contributed by atoms with van der Waals surface area (Å²) in [5, 5.41) is 21.1. The van der Waals surface area contributed by atoms with Gasteiger partial charge in [0.1, 0.15) is 24.0 Å². The number of anilines is 1. The molecule has 0 fully saturated rings. The number of halogens is 1. The van der Waals surface area contributed by atoms with Gasteiger partial charge >= 0.3 is 5.97 Å². The number of nitriles is 1. The first kappa shape index (κ1) is 21.0. The number of fused-ring (bicyclic) bond motifs is 1. The van der Waals surface area contributed by atoms with E-state index in [1.165, 1.54) is 0 Å². The van der Waals surface area contributed by atoms with Gasteiger partial charge in [-0.2, -0.15) is 5.26 Å². The van der Waals surface area contributed by atoms with E-state index in [0.717, 1.165) is 0 Å². The quantitative estimate of drug-likeness (QED) is 0.748. The van der Waals surface area contributed by atoms with Gasteiger partial charge in [-0.15, -0.1) is 0 Å². The Morgan fingerprint density at radius 3 is 2.62 bits per heavy atom. The molecule has 0 bridgehead atoms. The molecule has 2 aromatic carbocycles. The van der Waals surface area contributed by atoms with Gasteiger partial charge in [0.2, 0.25) is 0 Å². The van der Waals surface area contributed by atoms with Crippen molar-refractivity contribution in [3.8, 4) is 11.8 Å². The van der Waals surface area contributed by atoms with Crippen LogP contribution in [-0.4, -0.2) is 35.9 Å². The molecule has 0 amide bonds. The first-order valence-corrected chi connectivity index (χ1v) is 9.73. The molecule has 2 aromatic rings. The fraction of sp³-hybridized carbons (Fsp3) is 0.364. The van der Waals surface area contributed by atoms with Crippen LogP contribution in [-0.2, 0) is 9.53 Å². The Morgan fingerprint density at radius 2 is 2.00 bits per heavy atom. The fourth-order valence-corrected chi connectivity index (χ4v) is 3.63. The summed E-state index contributed by atoms with van der Waals surface area (Å²) in [4.78, 5) is 14.2. The van der Waals surface area contributed by atoms with Gasteiger partial charge in [0.05, 0.1) is 24.3 Å². The van der Waals surface area contributed by atoms with Crippen molar-refractivity contribution in [1.29, 1.82) is 5.26 Å². The highest BCUT2D eigenvalue weighted by molar-refractivity contribution is 6.30. The molecule has 1 aliphatic rings. The predicted molar refractivity (Wildman–Crippen MR) is 110 cm³/mol. The molecule has 1 heterocycles. The molecule has 1 N–H and O–H groups in total. The molecule has 7 heteroatoms. The number of carbonyl (C=O) groups excluding carboxylic acids is 1. The van der Waals surface area contributed by atoms with E-state index >= 15 is 0 Å². The van der Waals surface area contributed by atoms with Crippen LogP contribution in [0.15, 0.2) is 42.5 Å². The van der Waals surface area contributed by atoms with Crippen LogP contribution >= 0.6 is 11.6 Å². The summed E-state index contributed by atoms with van der Waals surface area (Å²) in [5.41, 5.74) is 0.856. The number of nitrogens with zero attached hydrogens (tertiary/aromatic N) is 2. The van der Waals surface area contributed by atoms with Gasteiger partial charge in [-0.05, 0) is 63.2 Å². The van der Waals surface area contributed by atoms with Crippen molar-refractivity contribution in [1.82, 2.24) is 0 Å². The van der Waals surface area contributed by atoms with Gasteiger partial charge in [0.25, 0.3) is 0 Å². The molecule has 0 aromatic heterocycles. The second-order valence-corrected chi connectivity index (χ2v) is 7.81. The maximum absolute atomic E-state index is 12.4. The third kappa shape index (κ3) is 4.31. The van der Waals surface area contributed by atoms with Gasteiger partial charge in [0.15, 0.2) is 0 Å². The largest absolute Gasteiger partial charge is 0.485 e. The van der Waals surface area contributed by atoms with Crippen LogP contribution in [0.1, 0.15) is 37.9 Å². The average Bonchev–Trinajstić information content (AvgIpc) is 2.68. The number of carbonyl (C=O) groups is 1. The highest BCUT2D eigenvalue weighted by Crippen LogP contribution is 2.44. The summed E-state index contributed by atoms with van der Waals surface area (Å²) in [6, 6.07) is 13.6. The zero-order chi connectivity index (χ0) is 21.2. The summed E-state index contributed by atoms with van der Waals surface area (Å²) < 4.78 is 11.2. The Bertz CT molecular complexity index is 937. The van der Waals surface area contributed by atoms with Crippen molar-refractivity contribution in [2.24, 2.45) is 0 Å². The molecule has 6 nitrogen and oxygen atoms in total. The van der Waals surface area contributed by atoms with Crippen molar-refractivity contribution in [2.45, 2.75) is 38.5 Å². The number of rotatable bonds is 5. The molecular weight excluding hydrogens is 392 g/mol. The normalized spacial score (nSPS) is 19.4. The van der Waals surface area contributed by atoms with Crippen molar-refractivity contribution in [3.63, 3.8) is 0 Å². The van der Waals surface area contributed by atoms with E-state index in [9.17, 15) is 15.2 Å². The Kier molecular flexibility index (Phi) is 6.02. The highest BCUT2D eigenvalue weighted by atomic mass is 35.5. The minimum atomic E-state index is -0.978. The summed E-state index contributed by atoms with van der Waals surface area (Å²) in [5.74, 6) is 0.143. The molecule has 0 aliphatic carbocycles. The van der Waals surface area contributed by atoms with Crippen molar-refractivity contribution < 1.29 is 19.4 Å². The zero-order valence-electron chi connectivity index (χ0n) is 16.6. The lowest BCUT2D eigenvalue weighted by atomic mass is 9.84. The SMILES string of the molecule is CCOC(=O)CN(c1ccc(Cl)cc1)[C@H]1c2cc(C#N)ccc2OC(C)(C)[C@@H]1O. The van der Waals surface area contributed by atoms with Gasteiger partial charge in [-0.3, -0.25) is 4.79 Å². The van der Waals surface area contributed by atoms with E-state index in [1.807, 2.05) is 0 Å². The van der Waals surface area contributed by atoms with Gasteiger partial charge in [-0.1, -0.05) is 11.6 Å². The first-order valence-electron chi connectivity index (χ1n) is 9.35. The van der Waals surface area contributed by atoms with E-state index in [2.05, 4.69) is 6.07 Å². The molecule has 1 aliphatic heterocycles. The Hall–Kier alpha value is -2.75. The van der Waals surface area contributed by atoms with Crippen molar-refractivity contribution in [2.75, 3.05) is 18.1 Å². The monoisotopic (exact) mass is 414 g/mol. The van der Waals surface area contributed by atoms with Gasteiger partial charge < -0.3 is 19.5 Å². The third-order valence-electron chi connectivity index (χ3n) is 4.94. The average molecular weight is 415 g/mol. The van der Waals surface area contributed by atoms with E-state index in [1.54, 1.807) is 68.1 Å². The third-order valence-corrected chi connectivity index (χ3v) is 5.19. The van der Waals surface area contributed by atoms with E-state index in [4.69, 9.17) is 21.1 Å². The summed E-state index contributed by atoms with van der Waals surface area (Å²) in [6.45, 7) is 5.49. The lowest BCUT2D eigenvalue weighted by Gasteiger charge is -2.46. The summed E-state index contributed by atoms with van der Waals surface area (Å²) in [7, 11) is 0. The van der Waals surface area contributed by atoms with Gasteiger partial charge in [-0.25, -0.2) is 0 Å².